The molecule has 140 valence electrons. The van der Waals surface area contributed by atoms with Gasteiger partial charge in [-0.05, 0) is 43.5 Å². The van der Waals surface area contributed by atoms with Crippen LogP contribution < -0.4 is 15.4 Å². The molecule has 1 fully saturated rings. The standard InChI is InChI=1S/C18H24N4O3S/c1-11(2)9-12(3)21-22-18-20-17(24)15(26-18)10-16(23)19-13-5-7-14(25-4)8-6-13/h5-8,11,15H,9-10H2,1-4H3,(H,19,23)(H,20,22,24)/b21-12-/t15-/m1/s1. The number of benzene rings is 1. The molecule has 1 saturated heterocycles. The second-order valence-electron chi connectivity index (χ2n) is 6.41. The molecule has 26 heavy (non-hydrogen) atoms. The number of nitrogens with one attached hydrogen (secondary N) is 2. The Balaban J connectivity index is 1.89. The molecule has 2 amide bonds. The van der Waals surface area contributed by atoms with Crippen molar-refractivity contribution in [2.45, 2.75) is 38.9 Å². The Labute approximate surface area is 157 Å². The van der Waals surface area contributed by atoms with Gasteiger partial charge in [0.2, 0.25) is 11.8 Å². The predicted octanol–water partition coefficient (Wildman–Crippen LogP) is 3.03. The van der Waals surface area contributed by atoms with Gasteiger partial charge in [0, 0.05) is 17.8 Å². The zero-order valence-corrected chi connectivity index (χ0v) is 16.2. The Morgan fingerprint density at radius 3 is 2.65 bits per heavy atom. The maximum atomic E-state index is 12.2. The van der Waals surface area contributed by atoms with Crippen molar-refractivity contribution in [1.82, 2.24) is 5.32 Å². The van der Waals surface area contributed by atoms with Crippen molar-refractivity contribution >= 4 is 40.1 Å². The van der Waals surface area contributed by atoms with Crippen LogP contribution in [0.3, 0.4) is 0 Å². The van der Waals surface area contributed by atoms with Crippen LogP contribution in [0.15, 0.2) is 34.5 Å². The topological polar surface area (TPSA) is 92.2 Å². The zero-order valence-electron chi connectivity index (χ0n) is 15.4. The van der Waals surface area contributed by atoms with E-state index in [4.69, 9.17) is 4.74 Å². The van der Waals surface area contributed by atoms with E-state index in [1.165, 1.54) is 11.8 Å². The molecule has 1 aromatic carbocycles. The molecule has 0 aromatic heterocycles. The highest BCUT2D eigenvalue weighted by Gasteiger charge is 2.32. The molecule has 2 N–H and O–H groups in total. The van der Waals surface area contributed by atoms with E-state index < -0.39 is 5.25 Å². The van der Waals surface area contributed by atoms with Gasteiger partial charge in [-0.3, -0.25) is 9.59 Å². The van der Waals surface area contributed by atoms with E-state index in [9.17, 15) is 9.59 Å². The molecule has 0 aliphatic carbocycles. The largest absolute Gasteiger partial charge is 0.497 e. The second-order valence-corrected chi connectivity index (χ2v) is 7.61. The molecule has 1 heterocycles. The highest BCUT2D eigenvalue weighted by Crippen LogP contribution is 2.23. The van der Waals surface area contributed by atoms with E-state index in [2.05, 4.69) is 34.7 Å². The Morgan fingerprint density at radius 2 is 2.04 bits per heavy atom. The summed E-state index contributed by atoms with van der Waals surface area (Å²) in [6, 6.07) is 7.01. The van der Waals surface area contributed by atoms with Crippen molar-refractivity contribution in [2.24, 2.45) is 16.1 Å². The van der Waals surface area contributed by atoms with Gasteiger partial charge in [0.25, 0.3) is 0 Å². The third-order valence-electron chi connectivity index (χ3n) is 3.54. The van der Waals surface area contributed by atoms with Crippen molar-refractivity contribution < 1.29 is 14.3 Å². The van der Waals surface area contributed by atoms with E-state index in [0.717, 1.165) is 12.1 Å². The first-order valence-corrected chi connectivity index (χ1v) is 9.28. The van der Waals surface area contributed by atoms with Crippen molar-refractivity contribution in [3.63, 3.8) is 0 Å². The quantitative estimate of drug-likeness (QED) is 0.565. The summed E-state index contributed by atoms with van der Waals surface area (Å²) in [7, 11) is 1.58. The van der Waals surface area contributed by atoms with Gasteiger partial charge in [-0.1, -0.05) is 25.6 Å². The number of anilines is 1. The Hall–Kier alpha value is -2.35. The summed E-state index contributed by atoms with van der Waals surface area (Å²) in [5.74, 6) is 0.751. The Bertz CT molecular complexity index is 714. The van der Waals surface area contributed by atoms with Crippen LogP contribution in [0.4, 0.5) is 5.69 Å². The van der Waals surface area contributed by atoms with Gasteiger partial charge in [-0.15, -0.1) is 5.10 Å². The molecule has 0 spiro atoms. The summed E-state index contributed by atoms with van der Waals surface area (Å²) in [6.07, 6.45) is 0.916. The van der Waals surface area contributed by atoms with Crippen LogP contribution >= 0.6 is 11.8 Å². The third-order valence-corrected chi connectivity index (χ3v) is 4.61. The molecule has 8 heteroatoms. The highest BCUT2D eigenvalue weighted by molar-refractivity contribution is 8.15. The SMILES string of the molecule is COc1ccc(NC(=O)C[C@H]2S/C(=N/N=C(/C)CC(C)C)NC2=O)cc1. The first-order chi connectivity index (χ1) is 12.4. The summed E-state index contributed by atoms with van der Waals surface area (Å²) in [5.41, 5.74) is 1.56. The molecule has 1 aliphatic rings. The van der Waals surface area contributed by atoms with Crippen LogP contribution in [0.25, 0.3) is 0 Å². The van der Waals surface area contributed by atoms with E-state index in [1.807, 2.05) is 6.92 Å². The predicted molar refractivity (Wildman–Crippen MR) is 106 cm³/mol. The minimum atomic E-state index is -0.507. The maximum Gasteiger partial charge on any atom is 0.240 e. The molecule has 1 aliphatic heterocycles. The van der Waals surface area contributed by atoms with Gasteiger partial charge in [0.15, 0.2) is 5.17 Å². The van der Waals surface area contributed by atoms with E-state index in [1.54, 1.807) is 31.4 Å². The fourth-order valence-electron chi connectivity index (χ4n) is 2.40. The number of hydrogen-bond donors (Lipinski definition) is 2. The lowest BCUT2D eigenvalue weighted by Gasteiger charge is -2.08. The lowest BCUT2D eigenvalue weighted by atomic mass is 10.1. The highest BCUT2D eigenvalue weighted by atomic mass is 32.2. The monoisotopic (exact) mass is 376 g/mol. The number of hydrogen-bond acceptors (Lipinski definition) is 6. The number of amidine groups is 1. The lowest BCUT2D eigenvalue weighted by Crippen LogP contribution is -2.28. The van der Waals surface area contributed by atoms with Crippen LogP contribution in [-0.2, 0) is 9.59 Å². The van der Waals surface area contributed by atoms with Crippen molar-refractivity contribution in [3.05, 3.63) is 24.3 Å². The second kappa shape index (κ2) is 9.38. The summed E-state index contributed by atoms with van der Waals surface area (Å²) in [6.45, 7) is 6.12. The zero-order chi connectivity index (χ0) is 19.1. The average molecular weight is 376 g/mol. The minimum absolute atomic E-state index is 0.0657. The Morgan fingerprint density at radius 1 is 1.35 bits per heavy atom. The third kappa shape index (κ3) is 6.18. The van der Waals surface area contributed by atoms with Gasteiger partial charge in [-0.25, -0.2) is 0 Å². The number of nitrogens with zero attached hydrogens (tertiary/aromatic N) is 2. The number of carbonyl (C=O) groups is 2. The maximum absolute atomic E-state index is 12.2. The number of methoxy groups -OCH3 is 1. The fourth-order valence-corrected chi connectivity index (χ4v) is 3.32. The summed E-state index contributed by atoms with van der Waals surface area (Å²) in [5, 5.41) is 13.6. The number of carbonyl (C=O) groups excluding carboxylic acids is 2. The molecule has 0 bridgehead atoms. The van der Waals surface area contributed by atoms with Gasteiger partial charge < -0.3 is 15.4 Å². The molecule has 1 atom stereocenters. The molecule has 1 aromatic rings. The number of rotatable bonds is 7. The van der Waals surface area contributed by atoms with Crippen molar-refractivity contribution in [1.29, 1.82) is 0 Å². The van der Waals surface area contributed by atoms with Gasteiger partial charge in [-0.2, -0.15) is 5.10 Å². The van der Waals surface area contributed by atoms with Gasteiger partial charge in [0.1, 0.15) is 11.0 Å². The van der Waals surface area contributed by atoms with E-state index >= 15 is 0 Å². The molecule has 2 rings (SSSR count). The summed E-state index contributed by atoms with van der Waals surface area (Å²) < 4.78 is 5.08. The first-order valence-electron chi connectivity index (χ1n) is 8.40. The average Bonchev–Trinajstić information content (AvgIpc) is 2.93. The molecule has 0 saturated carbocycles. The minimum Gasteiger partial charge on any atom is -0.497 e. The number of amides is 2. The molecular weight excluding hydrogens is 352 g/mol. The molecular formula is C18H24N4O3S. The fraction of sp³-hybridized carbons (Fsp3) is 0.444. The van der Waals surface area contributed by atoms with E-state index in [-0.39, 0.29) is 18.2 Å². The van der Waals surface area contributed by atoms with Crippen LogP contribution in [0.2, 0.25) is 0 Å². The summed E-state index contributed by atoms with van der Waals surface area (Å²) >= 11 is 1.23. The number of ether oxygens (including phenoxy) is 1. The van der Waals surface area contributed by atoms with Crippen LogP contribution in [0, 0.1) is 5.92 Å². The molecule has 0 radical (unpaired) electrons. The normalized spacial score (nSPS) is 19.0. The first kappa shape index (κ1) is 20.0. The van der Waals surface area contributed by atoms with Crippen LogP contribution in [-0.4, -0.2) is 35.1 Å². The van der Waals surface area contributed by atoms with Gasteiger partial charge >= 0.3 is 0 Å². The van der Waals surface area contributed by atoms with Gasteiger partial charge in [0.05, 0.1) is 7.11 Å². The number of thioether (sulfide) groups is 1. The van der Waals surface area contributed by atoms with Crippen molar-refractivity contribution in [2.75, 3.05) is 12.4 Å². The summed E-state index contributed by atoms with van der Waals surface area (Å²) in [4.78, 5) is 24.2. The van der Waals surface area contributed by atoms with Crippen LogP contribution in [0.5, 0.6) is 5.75 Å². The van der Waals surface area contributed by atoms with Crippen molar-refractivity contribution in [3.8, 4) is 5.75 Å². The Kier molecular flexibility index (Phi) is 7.20. The lowest BCUT2D eigenvalue weighted by molar-refractivity contribution is -0.122. The smallest absolute Gasteiger partial charge is 0.240 e. The molecule has 7 nitrogen and oxygen atoms in total. The van der Waals surface area contributed by atoms with Crippen LogP contribution in [0.1, 0.15) is 33.6 Å². The molecule has 0 unspecified atom stereocenters. The van der Waals surface area contributed by atoms with E-state index in [0.29, 0.717) is 22.5 Å².